The topological polar surface area (TPSA) is 113 Å². The van der Waals surface area contributed by atoms with Crippen LogP contribution < -0.4 is 11.5 Å². The number of phenolic OH excluding ortho intramolecular Hbond substituents is 3. The molecule has 5 nitrogen and oxygen atoms in total. The molecule has 0 aliphatic carbocycles. The highest BCUT2D eigenvalue weighted by atomic mass is 16.3. The van der Waals surface area contributed by atoms with E-state index < -0.39 is 23.3 Å². The van der Waals surface area contributed by atoms with Gasteiger partial charge in [0.25, 0.3) is 0 Å². The van der Waals surface area contributed by atoms with Crippen molar-refractivity contribution in [2.24, 2.45) is 11.5 Å². The molecule has 0 amide bonds. The predicted octanol–water partition coefficient (Wildman–Crippen LogP) is -0.238. The normalized spacial score (nSPS) is 12.8. The highest BCUT2D eigenvalue weighted by Gasteiger charge is 2.11. The SMILES string of the molecule is NC[C@H](N)c1cc(O)c(O)c(O)c1. The maximum absolute atomic E-state index is 9.12. The Morgan fingerprint density at radius 3 is 2.00 bits per heavy atom. The molecule has 5 heteroatoms. The number of hydrogen-bond acceptors (Lipinski definition) is 5. The van der Waals surface area contributed by atoms with Gasteiger partial charge < -0.3 is 26.8 Å². The molecule has 7 N–H and O–H groups in total. The molecular formula is C8H12N2O3. The van der Waals surface area contributed by atoms with Crippen LogP contribution in [-0.4, -0.2) is 21.9 Å². The van der Waals surface area contributed by atoms with E-state index in [9.17, 15) is 0 Å². The summed E-state index contributed by atoms with van der Waals surface area (Å²) in [5, 5.41) is 27.3. The van der Waals surface area contributed by atoms with Crippen LogP contribution in [0.4, 0.5) is 0 Å². The van der Waals surface area contributed by atoms with Gasteiger partial charge in [0.1, 0.15) is 0 Å². The molecule has 72 valence electrons. The summed E-state index contributed by atoms with van der Waals surface area (Å²) in [4.78, 5) is 0. The van der Waals surface area contributed by atoms with Crippen LogP contribution in [0, 0.1) is 0 Å². The highest BCUT2D eigenvalue weighted by molar-refractivity contribution is 5.51. The fraction of sp³-hybridized carbons (Fsp3) is 0.250. The largest absolute Gasteiger partial charge is 0.504 e. The van der Waals surface area contributed by atoms with Crippen molar-refractivity contribution in [3.05, 3.63) is 17.7 Å². The molecule has 0 heterocycles. The average Bonchev–Trinajstić information content (AvgIpc) is 2.12. The summed E-state index contributed by atoms with van der Waals surface area (Å²) in [6, 6.07) is 2.08. The third kappa shape index (κ3) is 1.82. The Morgan fingerprint density at radius 1 is 1.15 bits per heavy atom. The van der Waals surface area contributed by atoms with Gasteiger partial charge in [0.2, 0.25) is 0 Å². The summed E-state index contributed by atoms with van der Waals surface area (Å²) in [6.45, 7) is 0.198. The van der Waals surface area contributed by atoms with Crippen LogP contribution in [-0.2, 0) is 0 Å². The van der Waals surface area contributed by atoms with Gasteiger partial charge in [0, 0.05) is 12.6 Å². The first-order valence-corrected chi connectivity index (χ1v) is 3.76. The lowest BCUT2D eigenvalue weighted by molar-refractivity contribution is 0.366. The molecule has 0 aliphatic heterocycles. The Kier molecular flexibility index (Phi) is 2.60. The maximum atomic E-state index is 9.12. The van der Waals surface area contributed by atoms with Crippen molar-refractivity contribution in [1.29, 1.82) is 0 Å². The van der Waals surface area contributed by atoms with E-state index in [-0.39, 0.29) is 6.54 Å². The minimum absolute atomic E-state index is 0.198. The van der Waals surface area contributed by atoms with Gasteiger partial charge in [-0.3, -0.25) is 0 Å². The summed E-state index contributed by atoms with van der Waals surface area (Å²) in [5.41, 5.74) is 11.3. The number of phenols is 3. The molecule has 0 saturated carbocycles. The molecule has 0 aromatic heterocycles. The first kappa shape index (κ1) is 9.63. The Bertz CT molecular complexity index is 291. The zero-order valence-corrected chi connectivity index (χ0v) is 6.94. The molecule has 1 aromatic carbocycles. The predicted molar refractivity (Wildman–Crippen MR) is 47.4 cm³/mol. The first-order chi connectivity index (χ1) is 6.06. The molecule has 13 heavy (non-hydrogen) atoms. The van der Waals surface area contributed by atoms with E-state index in [1.807, 2.05) is 0 Å². The lowest BCUT2D eigenvalue weighted by atomic mass is 10.1. The first-order valence-electron chi connectivity index (χ1n) is 3.76. The molecule has 0 bridgehead atoms. The van der Waals surface area contributed by atoms with Gasteiger partial charge in [-0.1, -0.05) is 0 Å². The smallest absolute Gasteiger partial charge is 0.200 e. The zero-order valence-electron chi connectivity index (χ0n) is 6.94. The van der Waals surface area contributed by atoms with Crippen molar-refractivity contribution >= 4 is 0 Å². The van der Waals surface area contributed by atoms with E-state index >= 15 is 0 Å². The Hall–Kier alpha value is -1.46. The van der Waals surface area contributed by atoms with Crippen LogP contribution in [0.15, 0.2) is 12.1 Å². The van der Waals surface area contributed by atoms with E-state index in [4.69, 9.17) is 26.8 Å². The molecule has 1 rings (SSSR count). The second-order valence-electron chi connectivity index (χ2n) is 2.75. The van der Waals surface area contributed by atoms with Gasteiger partial charge in [0.15, 0.2) is 17.2 Å². The van der Waals surface area contributed by atoms with Crippen LogP contribution in [0.5, 0.6) is 17.2 Å². The summed E-state index contributed by atoms with van der Waals surface area (Å²) in [7, 11) is 0. The molecule has 0 aliphatic rings. The monoisotopic (exact) mass is 184 g/mol. The van der Waals surface area contributed by atoms with E-state index in [2.05, 4.69) is 0 Å². The Labute approximate surface area is 75.2 Å². The summed E-state index contributed by atoms with van der Waals surface area (Å²) < 4.78 is 0. The fourth-order valence-electron chi connectivity index (χ4n) is 0.975. The average molecular weight is 184 g/mol. The lowest BCUT2D eigenvalue weighted by Gasteiger charge is -2.10. The van der Waals surface area contributed by atoms with Gasteiger partial charge in [-0.25, -0.2) is 0 Å². The quantitative estimate of drug-likeness (QED) is 0.407. The van der Waals surface area contributed by atoms with Gasteiger partial charge in [-0.2, -0.15) is 0 Å². The molecule has 0 spiro atoms. The van der Waals surface area contributed by atoms with Gasteiger partial charge >= 0.3 is 0 Å². The van der Waals surface area contributed by atoms with E-state index in [0.29, 0.717) is 5.56 Å². The van der Waals surface area contributed by atoms with Crippen molar-refractivity contribution in [2.75, 3.05) is 6.54 Å². The van der Waals surface area contributed by atoms with E-state index in [1.165, 1.54) is 12.1 Å². The van der Waals surface area contributed by atoms with Crippen molar-refractivity contribution < 1.29 is 15.3 Å². The molecular weight excluding hydrogens is 172 g/mol. The highest BCUT2D eigenvalue weighted by Crippen LogP contribution is 2.36. The number of rotatable bonds is 2. The summed E-state index contributed by atoms with van der Waals surface area (Å²) >= 11 is 0. The number of hydrogen-bond donors (Lipinski definition) is 5. The third-order valence-corrected chi connectivity index (χ3v) is 1.77. The molecule has 0 saturated heterocycles. The standard InChI is InChI=1S/C8H12N2O3/c9-3-5(10)4-1-6(11)8(13)7(12)2-4/h1-2,5,11-13H,3,9-10H2/t5-/m0/s1. The second kappa shape index (κ2) is 3.51. The van der Waals surface area contributed by atoms with E-state index in [0.717, 1.165) is 0 Å². The van der Waals surface area contributed by atoms with Crippen LogP contribution in [0.25, 0.3) is 0 Å². The lowest BCUT2D eigenvalue weighted by Crippen LogP contribution is -2.20. The number of aromatic hydroxyl groups is 3. The Morgan fingerprint density at radius 2 is 1.62 bits per heavy atom. The fourth-order valence-corrected chi connectivity index (χ4v) is 0.975. The molecule has 0 unspecified atom stereocenters. The van der Waals surface area contributed by atoms with Crippen molar-refractivity contribution in [1.82, 2.24) is 0 Å². The second-order valence-corrected chi connectivity index (χ2v) is 2.75. The number of nitrogens with two attached hydrogens (primary N) is 2. The molecule has 1 atom stereocenters. The summed E-state index contributed by atoms with van der Waals surface area (Å²) in [6.07, 6.45) is 0. The minimum Gasteiger partial charge on any atom is -0.504 e. The summed E-state index contributed by atoms with van der Waals surface area (Å²) in [5.74, 6) is -1.36. The van der Waals surface area contributed by atoms with Gasteiger partial charge in [-0.15, -0.1) is 0 Å². The zero-order chi connectivity index (χ0) is 10.0. The maximum Gasteiger partial charge on any atom is 0.200 e. The van der Waals surface area contributed by atoms with Crippen LogP contribution in [0.2, 0.25) is 0 Å². The van der Waals surface area contributed by atoms with Crippen molar-refractivity contribution in [3.63, 3.8) is 0 Å². The van der Waals surface area contributed by atoms with Gasteiger partial charge in [-0.05, 0) is 17.7 Å². The Balaban J connectivity index is 3.13. The van der Waals surface area contributed by atoms with Crippen molar-refractivity contribution in [2.45, 2.75) is 6.04 Å². The molecule has 0 radical (unpaired) electrons. The number of benzene rings is 1. The van der Waals surface area contributed by atoms with Crippen LogP contribution in [0.3, 0.4) is 0 Å². The van der Waals surface area contributed by atoms with Crippen LogP contribution >= 0.6 is 0 Å². The van der Waals surface area contributed by atoms with Crippen LogP contribution in [0.1, 0.15) is 11.6 Å². The van der Waals surface area contributed by atoms with Crippen molar-refractivity contribution in [3.8, 4) is 17.2 Å². The molecule has 0 fully saturated rings. The third-order valence-electron chi connectivity index (χ3n) is 1.77. The van der Waals surface area contributed by atoms with Gasteiger partial charge in [0.05, 0.1) is 0 Å². The van der Waals surface area contributed by atoms with E-state index in [1.54, 1.807) is 0 Å². The minimum atomic E-state index is -0.548. The molecule has 1 aromatic rings.